The molecule has 2 amide bonds. The number of anilines is 2. The molecule has 0 spiro atoms. The number of nitrogens with one attached hydrogen (secondary N) is 1. The third-order valence-electron chi connectivity index (χ3n) is 4.89. The molecule has 2 aliphatic rings. The van der Waals surface area contributed by atoms with Crippen LogP contribution in [-0.4, -0.2) is 36.3 Å². The van der Waals surface area contributed by atoms with Crippen LogP contribution >= 0.6 is 0 Å². The molecule has 1 atom stereocenters. The van der Waals surface area contributed by atoms with Gasteiger partial charge in [0, 0.05) is 17.9 Å². The van der Waals surface area contributed by atoms with Crippen LogP contribution in [0, 0.1) is 13.8 Å². The standard InChI is InChI=1S/C19H21N3O5/c1-11-14(12(2)27-21-11)9-22-15-8-13(5-6-16(15)26-10-18(22)23)20-19(24)17-4-3-7-25-17/h5-6,8,17H,3-4,7,9-10H2,1-2H3,(H,20,24). The topological polar surface area (TPSA) is 93.9 Å². The zero-order valence-corrected chi connectivity index (χ0v) is 15.3. The zero-order chi connectivity index (χ0) is 19.0. The van der Waals surface area contributed by atoms with Crippen molar-refractivity contribution in [3.05, 3.63) is 35.2 Å². The van der Waals surface area contributed by atoms with Crippen molar-refractivity contribution in [3.63, 3.8) is 0 Å². The molecule has 142 valence electrons. The summed E-state index contributed by atoms with van der Waals surface area (Å²) in [5.41, 5.74) is 2.81. The van der Waals surface area contributed by atoms with Crippen LogP contribution in [0.15, 0.2) is 22.7 Å². The average molecular weight is 371 g/mol. The van der Waals surface area contributed by atoms with Gasteiger partial charge in [-0.1, -0.05) is 5.16 Å². The lowest BCUT2D eigenvalue weighted by molar-refractivity contribution is -0.124. The Balaban J connectivity index is 1.60. The van der Waals surface area contributed by atoms with Crippen LogP contribution in [0.25, 0.3) is 0 Å². The number of hydrogen-bond donors (Lipinski definition) is 1. The van der Waals surface area contributed by atoms with Crippen LogP contribution in [0.4, 0.5) is 11.4 Å². The summed E-state index contributed by atoms with van der Waals surface area (Å²) in [6.07, 6.45) is 1.18. The minimum Gasteiger partial charge on any atom is -0.482 e. The first-order valence-corrected chi connectivity index (χ1v) is 8.94. The van der Waals surface area contributed by atoms with E-state index in [9.17, 15) is 9.59 Å². The summed E-state index contributed by atoms with van der Waals surface area (Å²) < 4.78 is 16.2. The van der Waals surface area contributed by atoms with E-state index >= 15 is 0 Å². The van der Waals surface area contributed by atoms with Crippen molar-refractivity contribution in [1.29, 1.82) is 0 Å². The lowest BCUT2D eigenvalue weighted by Crippen LogP contribution is -2.38. The van der Waals surface area contributed by atoms with E-state index in [2.05, 4.69) is 10.5 Å². The quantitative estimate of drug-likeness (QED) is 0.887. The largest absolute Gasteiger partial charge is 0.482 e. The van der Waals surface area contributed by atoms with E-state index in [1.165, 1.54) is 0 Å². The van der Waals surface area contributed by atoms with Crippen LogP contribution in [0.1, 0.15) is 29.9 Å². The Kier molecular flexibility index (Phi) is 4.57. The molecule has 0 saturated carbocycles. The summed E-state index contributed by atoms with van der Waals surface area (Å²) in [6.45, 7) is 4.57. The van der Waals surface area contributed by atoms with Crippen molar-refractivity contribution in [2.75, 3.05) is 23.4 Å². The third-order valence-corrected chi connectivity index (χ3v) is 4.89. The number of aromatic nitrogens is 1. The highest BCUT2D eigenvalue weighted by Gasteiger charge is 2.29. The van der Waals surface area contributed by atoms with Crippen molar-refractivity contribution in [2.45, 2.75) is 39.3 Å². The van der Waals surface area contributed by atoms with E-state index in [4.69, 9.17) is 14.0 Å². The van der Waals surface area contributed by atoms with Gasteiger partial charge in [0.05, 0.1) is 17.9 Å². The lowest BCUT2D eigenvalue weighted by atomic mass is 10.1. The highest BCUT2D eigenvalue weighted by atomic mass is 16.5. The Bertz CT molecular complexity index is 866. The SMILES string of the molecule is Cc1noc(C)c1CN1C(=O)COc2ccc(NC(=O)C3CCCO3)cc21. The second-order valence-electron chi connectivity index (χ2n) is 6.74. The van der Waals surface area contributed by atoms with Gasteiger partial charge in [0.15, 0.2) is 6.61 Å². The van der Waals surface area contributed by atoms with Crippen molar-refractivity contribution in [1.82, 2.24) is 5.16 Å². The molecule has 1 aromatic carbocycles. The molecule has 1 aromatic heterocycles. The predicted molar refractivity (Wildman–Crippen MR) is 96.7 cm³/mol. The monoisotopic (exact) mass is 371 g/mol. The molecule has 1 unspecified atom stereocenters. The lowest BCUT2D eigenvalue weighted by Gasteiger charge is -2.30. The predicted octanol–water partition coefficient (Wildman–Crippen LogP) is 2.33. The molecule has 8 heteroatoms. The number of nitrogens with zero attached hydrogens (tertiary/aromatic N) is 2. The van der Waals surface area contributed by atoms with Gasteiger partial charge in [0.2, 0.25) is 0 Å². The van der Waals surface area contributed by atoms with Gasteiger partial charge in [0.25, 0.3) is 11.8 Å². The zero-order valence-electron chi connectivity index (χ0n) is 15.3. The molecule has 2 aliphatic heterocycles. The van der Waals surface area contributed by atoms with E-state index in [1.54, 1.807) is 23.1 Å². The van der Waals surface area contributed by atoms with Crippen LogP contribution in [0.5, 0.6) is 5.75 Å². The summed E-state index contributed by atoms with van der Waals surface area (Å²) >= 11 is 0. The van der Waals surface area contributed by atoms with E-state index < -0.39 is 6.10 Å². The summed E-state index contributed by atoms with van der Waals surface area (Å²) in [7, 11) is 0. The van der Waals surface area contributed by atoms with E-state index in [0.29, 0.717) is 36.0 Å². The van der Waals surface area contributed by atoms with Crippen LogP contribution < -0.4 is 15.0 Å². The Morgan fingerprint density at radius 3 is 2.93 bits per heavy atom. The Morgan fingerprint density at radius 2 is 2.22 bits per heavy atom. The molecule has 8 nitrogen and oxygen atoms in total. The van der Waals surface area contributed by atoms with Gasteiger partial charge in [-0.3, -0.25) is 9.59 Å². The first kappa shape index (κ1) is 17.5. The van der Waals surface area contributed by atoms with E-state index in [-0.39, 0.29) is 18.4 Å². The molecule has 2 aromatic rings. The van der Waals surface area contributed by atoms with Crippen LogP contribution in [-0.2, 0) is 20.9 Å². The Morgan fingerprint density at radius 1 is 1.37 bits per heavy atom. The number of rotatable bonds is 4. The van der Waals surface area contributed by atoms with Gasteiger partial charge in [-0.15, -0.1) is 0 Å². The second kappa shape index (κ2) is 7.03. The molecule has 0 bridgehead atoms. The van der Waals surface area contributed by atoms with Gasteiger partial charge in [-0.05, 0) is 44.9 Å². The molecule has 3 heterocycles. The average Bonchev–Trinajstić information content (AvgIpc) is 3.29. The minimum absolute atomic E-state index is 0.0298. The number of benzene rings is 1. The molecule has 1 fully saturated rings. The van der Waals surface area contributed by atoms with E-state index in [0.717, 1.165) is 24.1 Å². The maximum Gasteiger partial charge on any atom is 0.265 e. The highest BCUT2D eigenvalue weighted by Crippen LogP contribution is 2.36. The van der Waals surface area contributed by atoms with Crippen molar-refractivity contribution < 1.29 is 23.6 Å². The molecular weight excluding hydrogens is 350 g/mol. The van der Waals surface area contributed by atoms with Crippen molar-refractivity contribution >= 4 is 23.2 Å². The van der Waals surface area contributed by atoms with E-state index in [1.807, 2.05) is 13.8 Å². The summed E-state index contributed by atoms with van der Waals surface area (Å²) in [5.74, 6) is 0.936. The first-order valence-electron chi connectivity index (χ1n) is 8.94. The molecule has 0 radical (unpaired) electrons. The summed E-state index contributed by atoms with van der Waals surface area (Å²) in [6, 6.07) is 5.26. The number of ether oxygens (including phenoxy) is 2. The fourth-order valence-corrected chi connectivity index (χ4v) is 3.35. The molecule has 4 rings (SSSR count). The minimum atomic E-state index is -0.419. The Hall–Kier alpha value is -2.87. The number of carbonyl (C=O) groups is 2. The van der Waals surface area contributed by atoms with Gasteiger partial charge in [-0.2, -0.15) is 0 Å². The third kappa shape index (κ3) is 3.40. The highest BCUT2D eigenvalue weighted by molar-refractivity contribution is 6.00. The van der Waals surface area contributed by atoms with Gasteiger partial charge < -0.3 is 24.2 Å². The van der Waals surface area contributed by atoms with Crippen LogP contribution in [0.2, 0.25) is 0 Å². The number of aryl methyl sites for hydroxylation is 2. The van der Waals surface area contributed by atoms with Crippen LogP contribution in [0.3, 0.4) is 0 Å². The maximum atomic E-state index is 12.5. The first-order chi connectivity index (χ1) is 13.0. The van der Waals surface area contributed by atoms with Gasteiger partial charge in [-0.25, -0.2) is 0 Å². The maximum absolute atomic E-state index is 12.5. The molecular formula is C19H21N3O5. The van der Waals surface area contributed by atoms with Gasteiger partial charge >= 0.3 is 0 Å². The number of carbonyl (C=O) groups excluding carboxylic acids is 2. The second-order valence-corrected chi connectivity index (χ2v) is 6.74. The number of hydrogen-bond acceptors (Lipinski definition) is 6. The Labute approximate surface area is 156 Å². The number of amides is 2. The molecule has 1 saturated heterocycles. The van der Waals surface area contributed by atoms with Crippen molar-refractivity contribution in [3.8, 4) is 5.75 Å². The fraction of sp³-hybridized carbons (Fsp3) is 0.421. The molecule has 0 aliphatic carbocycles. The van der Waals surface area contributed by atoms with Gasteiger partial charge in [0.1, 0.15) is 17.6 Å². The normalized spacial score (nSPS) is 19.0. The fourth-order valence-electron chi connectivity index (χ4n) is 3.35. The smallest absolute Gasteiger partial charge is 0.265 e. The summed E-state index contributed by atoms with van der Waals surface area (Å²) in [5, 5.41) is 6.81. The molecule has 27 heavy (non-hydrogen) atoms. The number of fused-ring (bicyclic) bond motifs is 1. The van der Waals surface area contributed by atoms with Crippen molar-refractivity contribution in [2.24, 2.45) is 0 Å². The summed E-state index contributed by atoms with van der Waals surface area (Å²) in [4.78, 5) is 26.4. The molecule has 1 N–H and O–H groups in total.